The molecule has 0 aliphatic carbocycles. The first-order valence-corrected chi connectivity index (χ1v) is 2.16. The molecular weight excluding hydrogens is 126 g/mol. The molecule has 0 unspecified atom stereocenters. The van der Waals surface area contributed by atoms with Gasteiger partial charge >= 0.3 is 0 Å². The van der Waals surface area contributed by atoms with E-state index in [9.17, 15) is 9.59 Å². The van der Waals surface area contributed by atoms with Crippen LogP contribution in [0.3, 0.4) is 0 Å². The molecule has 0 fully saturated rings. The number of carbonyl (C=O) groups is 2. The highest BCUT2D eigenvalue weighted by atomic mass is 16.7. The summed E-state index contributed by atoms with van der Waals surface area (Å²) in [6.45, 7) is 0.0546. The summed E-state index contributed by atoms with van der Waals surface area (Å²) >= 11 is 0. The van der Waals surface area contributed by atoms with Crippen LogP contribution in [0.15, 0.2) is 0 Å². The third-order valence-electron chi connectivity index (χ3n) is 0.622. The SMILES string of the molecule is CON(C=O)COC=O. The molecule has 0 heterocycles. The lowest BCUT2D eigenvalue weighted by Gasteiger charge is -2.10. The van der Waals surface area contributed by atoms with Gasteiger partial charge in [-0.15, -0.1) is 0 Å². The maximum absolute atomic E-state index is 9.85. The summed E-state index contributed by atoms with van der Waals surface area (Å²) in [5, 5.41) is 0.828. The number of amides is 1. The van der Waals surface area contributed by atoms with E-state index in [0.717, 1.165) is 5.06 Å². The van der Waals surface area contributed by atoms with Crippen LogP contribution in [-0.4, -0.2) is 31.8 Å². The van der Waals surface area contributed by atoms with Crippen LogP contribution in [0.4, 0.5) is 0 Å². The molecule has 0 aliphatic rings. The van der Waals surface area contributed by atoms with Gasteiger partial charge in [0.15, 0.2) is 6.73 Å². The first-order valence-electron chi connectivity index (χ1n) is 2.16. The van der Waals surface area contributed by atoms with Crippen LogP contribution in [0.2, 0.25) is 0 Å². The second kappa shape index (κ2) is 5.04. The van der Waals surface area contributed by atoms with Crippen LogP contribution in [-0.2, 0) is 19.2 Å². The zero-order valence-electron chi connectivity index (χ0n) is 4.94. The minimum Gasteiger partial charge on any atom is -0.444 e. The number of hydroxylamine groups is 2. The first kappa shape index (κ1) is 7.90. The van der Waals surface area contributed by atoms with Crippen molar-refractivity contribution in [2.75, 3.05) is 13.8 Å². The summed E-state index contributed by atoms with van der Waals surface area (Å²) in [7, 11) is 1.29. The fourth-order valence-corrected chi connectivity index (χ4v) is 0.230. The number of hydrogen-bond donors (Lipinski definition) is 0. The van der Waals surface area contributed by atoms with Crippen LogP contribution in [0.1, 0.15) is 0 Å². The normalized spacial score (nSPS) is 8.11. The molecule has 0 N–H and O–H groups in total. The van der Waals surface area contributed by atoms with E-state index in [0.29, 0.717) is 6.41 Å². The molecule has 0 aromatic rings. The van der Waals surface area contributed by atoms with Crippen LogP contribution >= 0.6 is 0 Å². The molecule has 5 heteroatoms. The summed E-state index contributed by atoms with van der Waals surface area (Å²) in [6, 6.07) is 0. The van der Waals surface area contributed by atoms with E-state index in [1.165, 1.54) is 7.11 Å². The number of ether oxygens (including phenoxy) is 1. The van der Waals surface area contributed by atoms with Crippen molar-refractivity contribution < 1.29 is 19.2 Å². The van der Waals surface area contributed by atoms with Gasteiger partial charge < -0.3 is 4.74 Å². The average Bonchev–Trinajstić information content (AvgIpc) is 1.91. The lowest BCUT2D eigenvalue weighted by molar-refractivity contribution is -0.186. The van der Waals surface area contributed by atoms with E-state index < -0.39 is 0 Å². The maximum atomic E-state index is 9.85. The van der Waals surface area contributed by atoms with E-state index in [1.54, 1.807) is 0 Å². The molecule has 0 saturated heterocycles. The Hall–Kier alpha value is -1.10. The van der Waals surface area contributed by atoms with Crippen LogP contribution < -0.4 is 0 Å². The Morgan fingerprint density at radius 3 is 2.56 bits per heavy atom. The molecule has 0 radical (unpaired) electrons. The summed E-state index contributed by atoms with van der Waals surface area (Å²) in [4.78, 5) is 23.8. The highest BCUT2D eigenvalue weighted by Crippen LogP contribution is 1.79. The van der Waals surface area contributed by atoms with Crippen LogP contribution in [0, 0.1) is 0 Å². The summed E-state index contributed by atoms with van der Waals surface area (Å²) in [5.74, 6) is 0. The molecule has 0 saturated carbocycles. The van der Waals surface area contributed by atoms with Crippen molar-refractivity contribution in [2.24, 2.45) is 0 Å². The smallest absolute Gasteiger partial charge is 0.294 e. The second-order valence-electron chi connectivity index (χ2n) is 1.10. The Labute approximate surface area is 52.1 Å². The van der Waals surface area contributed by atoms with Gasteiger partial charge in [-0.3, -0.25) is 14.4 Å². The third-order valence-corrected chi connectivity index (χ3v) is 0.622. The fourth-order valence-electron chi connectivity index (χ4n) is 0.230. The molecule has 0 aromatic heterocycles. The van der Waals surface area contributed by atoms with Gasteiger partial charge in [0.05, 0.1) is 7.11 Å². The largest absolute Gasteiger partial charge is 0.444 e. The van der Waals surface area contributed by atoms with Crippen molar-refractivity contribution >= 4 is 12.9 Å². The van der Waals surface area contributed by atoms with Gasteiger partial charge in [-0.2, -0.15) is 5.06 Å². The van der Waals surface area contributed by atoms with Crippen LogP contribution in [0.25, 0.3) is 0 Å². The highest BCUT2D eigenvalue weighted by molar-refractivity contribution is 5.45. The van der Waals surface area contributed by atoms with Gasteiger partial charge in [0.25, 0.3) is 6.47 Å². The van der Waals surface area contributed by atoms with Gasteiger partial charge in [0.2, 0.25) is 6.41 Å². The van der Waals surface area contributed by atoms with Crippen molar-refractivity contribution in [3.63, 3.8) is 0 Å². The molecule has 0 rings (SSSR count). The zero-order chi connectivity index (χ0) is 7.11. The standard InChI is InChI=1S/C4H7NO4/c1-8-5(2-6)3-9-4-7/h2,4H,3H2,1H3. The lowest BCUT2D eigenvalue weighted by Crippen LogP contribution is -2.23. The lowest BCUT2D eigenvalue weighted by atomic mass is 11.1. The van der Waals surface area contributed by atoms with Gasteiger partial charge in [0, 0.05) is 0 Å². The number of carbonyl (C=O) groups excluding carboxylic acids is 2. The molecule has 0 bridgehead atoms. The van der Waals surface area contributed by atoms with Crippen molar-refractivity contribution in [3.8, 4) is 0 Å². The van der Waals surface area contributed by atoms with Gasteiger partial charge in [0.1, 0.15) is 0 Å². The van der Waals surface area contributed by atoms with Crippen molar-refractivity contribution in [1.82, 2.24) is 5.06 Å². The van der Waals surface area contributed by atoms with E-state index in [1.807, 2.05) is 0 Å². The number of rotatable bonds is 5. The molecule has 52 valence electrons. The highest BCUT2D eigenvalue weighted by Gasteiger charge is 1.95. The van der Waals surface area contributed by atoms with Gasteiger partial charge in [-0.25, -0.2) is 0 Å². The Kier molecular flexibility index (Phi) is 4.43. The van der Waals surface area contributed by atoms with E-state index in [-0.39, 0.29) is 13.2 Å². The summed E-state index contributed by atoms with van der Waals surface area (Å²) in [6.07, 6.45) is 0.406. The molecule has 5 nitrogen and oxygen atoms in total. The minimum atomic E-state index is -0.177. The van der Waals surface area contributed by atoms with Crippen molar-refractivity contribution in [2.45, 2.75) is 0 Å². The number of nitrogens with zero attached hydrogens (tertiary/aromatic N) is 1. The molecular formula is C4H7NO4. The Balaban J connectivity index is 3.30. The maximum Gasteiger partial charge on any atom is 0.294 e. The van der Waals surface area contributed by atoms with Gasteiger partial charge in [-0.1, -0.05) is 0 Å². The average molecular weight is 133 g/mol. The quantitative estimate of drug-likeness (QED) is 0.278. The Morgan fingerprint density at radius 1 is 1.56 bits per heavy atom. The van der Waals surface area contributed by atoms with Gasteiger partial charge in [-0.05, 0) is 0 Å². The third kappa shape index (κ3) is 3.48. The van der Waals surface area contributed by atoms with Crippen LogP contribution in [0.5, 0.6) is 0 Å². The molecule has 0 spiro atoms. The molecule has 9 heavy (non-hydrogen) atoms. The predicted molar refractivity (Wildman–Crippen MR) is 26.9 cm³/mol. The van der Waals surface area contributed by atoms with Crippen molar-refractivity contribution in [1.29, 1.82) is 0 Å². The number of hydrogen-bond acceptors (Lipinski definition) is 4. The Bertz CT molecular complexity index is 94.6. The topological polar surface area (TPSA) is 55.8 Å². The van der Waals surface area contributed by atoms with E-state index >= 15 is 0 Å². The zero-order valence-corrected chi connectivity index (χ0v) is 4.94. The first-order chi connectivity index (χ1) is 4.35. The summed E-state index contributed by atoms with van der Waals surface area (Å²) in [5.41, 5.74) is 0. The molecule has 0 aromatic carbocycles. The second-order valence-corrected chi connectivity index (χ2v) is 1.10. The monoisotopic (exact) mass is 133 g/mol. The molecule has 1 amide bonds. The van der Waals surface area contributed by atoms with E-state index in [4.69, 9.17) is 0 Å². The fraction of sp³-hybridized carbons (Fsp3) is 0.500. The van der Waals surface area contributed by atoms with E-state index in [2.05, 4.69) is 9.57 Å². The predicted octanol–water partition coefficient (Wildman–Crippen LogP) is -0.863. The Morgan fingerprint density at radius 2 is 2.22 bits per heavy atom. The molecule has 0 atom stereocenters. The van der Waals surface area contributed by atoms with Crippen molar-refractivity contribution in [3.05, 3.63) is 0 Å². The molecule has 0 aliphatic heterocycles. The minimum absolute atomic E-state index is 0.177. The summed E-state index contributed by atoms with van der Waals surface area (Å²) < 4.78 is 4.17.